The van der Waals surface area contributed by atoms with Gasteiger partial charge in [0.25, 0.3) is 0 Å². The third-order valence-corrected chi connectivity index (χ3v) is 3.64. The van der Waals surface area contributed by atoms with Gasteiger partial charge in [-0.2, -0.15) is 5.26 Å². The summed E-state index contributed by atoms with van der Waals surface area (Å²) in [6.45, 7) is -0.0141. The maximum Gasteiger partial charge on any atom is 0.404 e. The van der Waals surface area contributed by atoms with Crippen molar-refractivity contribution in [2.24, 2.45) is 10.9 Å². The molecule has 1 aliphatic rings. The number of carbonyl (C=O) groups is 1. The number of ether oxygens (including phenoxy) is 1. The van der Waals surface area contributed by atoms with Crippen LogP contribution in [0.15, 0.2) is 41.7 Å². The van der Waals surface area contributed by atoms with E-state index in [9.17, 15) is 9.18 Å². The van der Waals surface area contributed by atoms with E-state index in [1.165, 1.54) is 18.3 Å². The van der Waals surface area contributed by atoms with Crippen molar-refractivity contribution >= 4 is 11.8 Å². The number of oxime groups is 1. The summed E-state index contributed by atoms with van der Waals surface area (Å²) in [6.07, 6.45) is 0.505. The van der Waals surface area contributed by atoms with Gasteiger partial charge in [-0.15, -0.1) is 0 Å². The van der Waals surface area contributed by atoms with E-state index in [1.807, 2.05) is 6.07 Å². The fraction of sp³-hybridized carbons (Fsp3) is 0.176. The summed E-state index contributed by atoms with van der Waals surface area (Å²) in [4.78, 5) is 19.7. The molecule has 0 fully saturated rings. The van der Waals surface area contributed by atoms with Gasteiger partial charge >= 0.3 is 6.09 Å². The Kier molecular flexibility index (Phi) is 4.57. The van der Waals surface area contributed by atoms with Crippen LogP contribution in [0.25, 0.3) is 11.1 Å². The molecule has 0 saturated carbocycles. The summed E-state index contributed by atoms with van der Waals surface area (Å²) in [6, 6.07) is 9.77. The Hall–Kier alpha value is -3.47. The van der Waals surface area contributed by atoms with Crippen molar-refractivity contribution in [3.8, 4) is 17.2 Å². The van der Waals surface area contributed by atoms with Crippen LogP contribution in [0.1, 0.15) is 17.7 Å². The van der Waals surface area contributed by atoms with E-state index in [-0.39, 0.29) is 12.3 Å². The molecular formula is C17H13FN4O3. The number of pyridine rings is 1. The Morgan fingerprint density at radius 3 is 2.84 bits per heavy atom. The highest BCUT2D eigenvalue weighted by molar-refractivity contribution is 6.01. The van der Waals surface area contributed by atoms with E-state index in [0.29, 0.717) is 28.8 Å². The largest absolute Gasteiger partial charge is 0.446 e. The maximum atomic E-state index is 14.4. The third kappa shape index (κ3) is 3.72. The van der Waals surface area contributed by atoms with Crippen LogP contribution >= 0.6 is 0 Å². The molecule has 0 spiro atoms. The van der Waals surface area contributed by atoms with Gasteiger partial charge in [-0.25, -0.2) is 14.2 Å². The van der Waals surface area contributed by atoms with Crippen LogP contribution in [0.3, 0.4) is 0 Å². The molecule has 1 aromatic heterocycles. The maximum absolute atomic E-state index is 14.4. The van der Waals surface area contributed by atoms with Crippen LogP contribution in [-0.2, 0) is 9.57 Å². The summed E-state index contributed by atoms with van der Waals surface area (Å²) in [5.41, 5.74) is 7.24. The number of primary amides is 1. The summed E-state index contributed by atoms with van der Waals surface area (Å²) in [5.74, 6) is -0.441. The van der Waals surface area contributed by atoms with Crippen molar-refractivity contribution in [1.82, 2.24) is 4.98 Å². The van der Waals surface area contributed by atoms with Crippen molar-refractivity contribution in [2.75, 3.05) is 6.61 Å². The number of nitrogens with zero attached hydrogens (tertiary/aromatic N) is 3. The topological polar surface area (TPSA) is 111 Å². The lowest BCUT2D eigenvalue weighted by Gasteiger charge is -2.07. The molecule has 1 atom stereocenters. The van der Waals surface area contributed by atoms with Gasteiger partial charge in [0.2, 0.25) is 0 Å². The van der Waals surface area contributed by atoms with Crippen molar-refractivity contribution in [2.45, 2.75) is 12.5 Å². The first-order chi connectivity index (χ1) is 12.1. The van der Waals surface area contributed by atoms with Gasteiger partial charge in [0.05, 0.1) is 5.71 Å². The first kappa shape index (κ1) is 16.4. The minimum atomic E-state index is -0.886. The van der Waals surface area contributed by atoms with E-state index >= 15 is 0 Å². The summed E-state index contributed by atoms with van der Waals surface area (Å²) in [5, 5.41) is 12.7. The standard InChI is InChI=1S/C17H13FN4O3/c18-15-5-10(16-6-13(25-22-16)9-24-17(20)23)2-4-14(15)11-1-3-12(7-19)21-8-11/h1-5,8,13H,6,9H2,(H2,20,23)/t13-/m1/s1. The Labute approximate surface area is 142 Å². The van der Waals surface area contributed by atoms with Crippen LogP contribution in [-0.4, -0.2) is 29.5 Å². The lowest BCUT2D eigenvalue weighted by atomic mass is 10.0. The molecular weight excluding hydrogens is 327 g/mol. The quantitative estimate of drug-likeness (QED) is 0.918. The first-order valence-electron chi connectivity index (χ1n) is 7.38. The van der Waals surface area contributed by atoms with E-state index in [0.717, 1.165) is 0 Å². The van der Waals surface area contributed by atoms with Gasteiger partial charge in [-0.3, -0.25) is 0 Å². The van der Waals surface area contributed by atoms with Crippen LogP contribution < -0.4 is 5.73 Å². The lowest BCUT2D eigenvalue weighted by molar-refractivity contribution is 0.0299. The molecule has 2 heterocycles. The monoisotopic (exact) mass is 340 g/mol. The van der Waals surface area contributed by atoms with Gasteiger partial charge < -0.3 is 15.3 Å². The summed E-state index contributed by atoms with van der Waals surface area (Å²) >= 11 is 0. The van der Waals surface area contributed by atoms with E-state index < -0.39 is 18.0 Å². The number of hydrogen-bond acceptors (Lipinski definition) is 6. The predicted octanol–water partition coefficient (Wildman–Crippen LogP) is 2.35. The Morgan fingerprint density at radius 1 is 1.40 bits per heavy atom. The highest BCUT2D eigenvalue weighted by atomic mass is 19.1. The van der Waals surface area contributed by atoms with Crippen molar-refractivity contribution in [1.29, 1.82) is 5.26 Å². The molecule has 1 aromatic carbocycles. The second-order valence-electron chi connectivity index (χ2n) is 5.34. The fourth-order valence-corrected chi connectivity index (χ4v) is 2.41. The molecule has 0 unspecified atom stereocenters. The van der Waals surface area contributed by atoms with Crippen LogP contribution in [0, 0.1) is 17.1 Å². The molecule has 2 N–H and O–H groups in total. The molecule has 25 heavy (non-hydrogen) atoms. The Bertz CT molecular complexity index is 874. The average molecular weight is 340 g/mol. The van der Waals surface area contributed by atoms with Crippen molar-refractivity contribution < 1.29 is 18.8 Å². The molecule has 126 valence electrons. The van der Waals surface area contributed by atoms with E-state index in [1.54, 1.807) is 18.2 Å². The second kappa shape index (κ2) is 6.97. The molecule has 0 bridgehead atoms. The third-order valence-electron chi connectivity index (χ3n) is 3.64. The van der Waals surface area contributed by atoms with Gasteiger partial charge in [0.15, 0.2) is 6.10 Å². The zero-order chi connectivity index (χ0) is 17.8. The molecule has 7 nitrogen and oxygen atoms in total. The van der Waals surface area contributed by atoms with E-state index in [4.69, 9.17) is 15.8 Å². The normalized spacial score (nSPS) is 15.8. The molecule has 8 heteroatoms. The molecule has 3 rings (SSSR count). The van der Waals surface area contributed by atoms with E-state index in [2.05, 4.69) is 14.9 Å². The molecule has 1 amide bonds. The van der Waals surface area contributed by atoms with Crippen LogP contribution in [0.5, 0.6) is 0 Å². The van der Waals surface area contributed by atoms with Gasteiger partial charge in [-0.05, 0) is 18.2 Å². The molecule has 1 aliphatic heterocycles. The minimum absolute atomic E-state index is 0.0141. The second-order valence-corrected chi connectivity index (χ2v) is 5.34. The minimum Gasteiger partial charge on any atom is -0.446 e. The summed E-state index contributed by atoms with van der Waals surface area (Å²) < 4.78 is 19.1. The Morgan fingerprint density at radius 2 is 2.20 bits per heavy atom. The number of halogens is 1. The number of hydrogen-bond donors (Lipinski definition) is 1. The van der Waals surface area contributed by atoms with Gasteiger partial charge in [0.1, 0.15) is 24.2 Å². The SMILES string of the molecule is N#Cc1ccc(-c2ccc(C3=NO[C@@H](COC(N)=O)C3)cc2F)cn1. The van der Waals surface area contributed by atoms with Crippen molar-refractivity contribution in [3.63, 3.8) is 0 Å². The average Bonchev–Trinajstić information content (AvgIpc) is 3.09. The smallest absolute Gasteiger partial charge is 0.404 e. The van der Waals surface area contributed by atoms with Crippen LogP contribution in [0.2, 0.25) is 0 Å². The number of rotatable bonds is 4. The fourth-order valence-electron chi connectivity index (χ4n) is 2.41. The first-order valence-corrected chi connectivity index (χ1v) is 7.38. The molecule has 0 saturated heterocycles. The summed E-state index contributed by atoms with van der Waals surface area (Å²) in [7, 11) is 0. The molecule has 2 aromatic rings. The number of nitrogens with two attached hydrogens (primary N) is 1. The zero-order valence-corrected chi connectivity index (χ0v) is 13.0. The molecule has 0 radical (unpaired) electrons. The zero-order valence-electron chi connectivity index (χ0n) is 13.0. The number of aromatic nitrogens is 1. The number of nitriles is 1. The molecule has 0 aliphatic carbocycles. The van der Waals surface area contributed by atoms with Gasteiger partial charge in [-0.1, -0.05) is 17.3 Å². The van der Waals surface area contributed by atoms with Crippen molar-refractivity contribution in [3.05, 3.63) is 53.6 Å². The number of amides is 1. The van der Waals surface area contributed by atoms with Gasteiger partial charge in [0, 0.05) is 29.3 Å². The highest BCUT2D eigenvalue weighted by Crippen LogP contribution is 2.25. The predicted molar refractivity (Wildman–Crippen MR) is 85.9 cm³/mol. The Balaban J connectivity index is 1.74. The lowest BCUT2D eigenvalue weighted by Crippen LogP contribution is -2.22. The highest BCUT2D eigenvalue weighted by Gasteiger charge is 2.24. The van der Waals surface area contributed by atoms with Crippen LogP contribution in [0.4, 0.5) is 9.18 Å². The number of carbonyl (C=O) groups excluding carboxylic acids is 1. The number of benzene rings is 1.